The first-order valence-corrected chi connectivity index (χ1v) is 10.7. The van der Waals surface area contributed by atoms with Gasteiger partial charge in [0.2, 0.25) is 5.91 Å². The molecule has 1 heterocycles. The number of anilines is 2. The average molecular weight is 450 g/mol. The summed E-state index contributed by atoms with van der Waals surface area (Å²) in [5, 5.41) is 3.10. The van der Waals surface area contributed by atoms with Crippen molar-refractivity contribution in [1.29, 1.82) is 0 Å². The summed E-state index contributed by atoms with van der Waals surface area (Å²) in [6, 6.07) is 14.1. The predicted octanol–water partition coefficient (Wildman–Crippen LogP) is 4.53. The smallest absolute Gasteiger partial charge is 0.264 e. The number of aromatic nitrogens is 1. The van der Waals surface area contributed by atoms with E-state index in [-0.39, 0.29) is 20.6 Å². The van der Waals surface area contributed by atoms with Crippen molar-refractivity contribution in [3.05, 3.63) is 82.6 Å². The van der Waals surface area contributed by atoms with Crippen molar-refractivity contribution in [2.24, 2.45) is 0 Å². The van der Waals surface area contributed by atoms with E-state index in [2.05, 4.69) is 10.3 Å². The zero-order chi connectivity index (χ0) is 21.0. The molecule has 29 heavy (non-hydrogen) atoms. The molecule has 6 nitrogen and oxygen atoms in total. The average Bonchev–Trinajstić information content (AvgIpc) is 2.69. The van der Waals surface area contributed by atoms with Gasteiger partial charge in [-0.25, -0.2) is 8.42 Å². The number of hydrogen-bond acceptors (Lipinski definition) is 4. The Balaban J connectivity index is 1.98. The third-order valence-electron chi connectivity index (χ3n) is 4.03. The number of nitrogens with one attached hydrogen (secondary N) is 1. The van der Waals surface area contributed by atoms with Crippen LogP contribution in [0, 0.1) is 6.92 Å². The first-order chi connectivity index (χ1) is 13.8. The van der Waals surface area contributed by atoms with E-state index >= 15 is 0 Å². The lowest BCUT2D eigenvalue weighted by molar-refractivity contribution is -0.114. The molecule has 3 rings (SSSR count). The number of rotatable bonds is 6. The van der Waals surface area contributed by atoms with Crippen LogP contribution in [0.15, 0.2) is 71.9 Å². The Kier molecular flexibility index (Phi) is 6.42. The Morgan fingerprint density at radius 2 is 1.79 bits per heavy atom. The van der Waals surface area contributed by atoms with Crippen molar-refractivity contribution >= 4 is 50.5 Å². The van der Waals surface area contributed by atoms with E-state index in [0.29, 0.717) is 5.69 Å². The fourth-order valence-corrected chi connectivity index (χ4v) is 4.27. The Labute approximate surface area is 179 Å². The molecule has 0 spiro atoms. The molecular weight excluding hydrogens is 433 g/mol. The van der Waals surface area contributed by atoms with Crippen molar-refractivity contribution < 1.29 is 13.2 Å². The van der Waals surface area contributed by atoms with Gasteiger partial charge >= 0.3 is 0 Å². The molecule has 1 aromatic heterocycles. The fourth-order valence-electron chi connectivity index (χ4n) is 2.56. The summed E-state index contributed by atoms with van der Waals surface area (Å²) in [6.07, 6.45) is 3.04. The standard InChI is InChI=1S/C20H17Cl2N3O3S/c1-14-4-7-17(8-5-14)29(27,28)25(16-6-9-18(21)19(22)11-16)13-20(26)24-15-3-2-10-23-12-15/h2-12H,13H2,1H3,(H,24,26). The SMILES string of the molecule is Cc1ccc(S(=O)(=O)N(CC(=O)Nc2cccnc2)c2ccc(Cl)c(Cl)c2)cc1. The van der Waals surface area contributed by atoms with Gasteiger partial charge in [0.05, 0.1) is 32.5 Å². The minimum Gasteiger partial charge on any atom is -0.323 e. The molecule has 3 aromatic rings. The maximum Gasteiger partial charge on any atom is 0.264 e. The molecule has 0 radical (unpaired) electrons. The van der Waals surface area contributed by atoms with E-state index in [9.17, 15) is 13.2 Å². The van der Waals surface area contributed by atoms with Crippen molar-refractivity contribution in [3.8, 4) is 0 Å². The number of pyridine rings is 1. The van der Waals surface area contributed by atoms with Gasteiger partial charge in [0.1, 0.15) is 6.54 Å². The summed E-state index contributed by atoms with van der Waals surface area (Å²) in [7, 11) is -4.03. The number of sulfonamides is 1. The van der Waals surface area contributed by atoms with Crippen LogP contribution in [-0.4, -0.2) is 25.9 Å². The van der Waals surface area contributed by atoms with Gasteiger partial charge in [0.25, 0.3) is 10.0 Å². The monoisotopic (exact) mass is 449 g/mol. The Bertz CT molecular complexity index is 1120. The van der Waals surface area contributed by atoms with Gasteiger partial charge in [0, 0.05) is 6.20 Å². The Morgan fingerprint density at radius 3 is 2.41 bits per heavy atom. The molecule has 0 bridgehead atoms. The topological polar surface area (TPSA) is 79.4 Å². The molecular formula is C20H17Cl2N3O3S. The van der Waals surface area contributed by atoms with Crippen LogP contribution in [0.3, 0.4) is 0 Å². The van der Waals surface area contributed by atoms with Crippen molar-refractivity contribution in [3.63, 3.8) is 0 Å². The second-order valence-corrected chi connectivity index (χ2v) is 8.89. The van der Waals surface area contributed by atoms with Gasteiger partial charge in [-0.05, 0) is 49.4 Å². The van der Waals surface area contributed by atoms with Crippen LogP contribution >= 0.6 is 23.2 Å². The highest BCUT2D eigenvalue weighted by atomic mass is 35.5. The van der Waals surface area contributed by atoms with Gasteiger partial charge in [-0.3, -0.25) is 14.1 Å². The van der Waals surface area contributed by atoms with Crippen LogP contribution < -0.4 is 9.62 Å². The fraction of sp³-hybridized carbons (Fsp3) is 0.100. The number of carbonyl (C=O) groups excluding carboxylic acids is 1. The van der Waals surface area contributed by atoms with Crippen LogP contribution in [0.1, 0.15) is 5.56 Å². The number of benzene rings is 2. The van der Waals surface area contributed by atoms with Crippen LogP contribution in [0.2, 0.25) is 10.0 Å². The molecule has 2 aromatic carbocycles. The summed E-state index contributed by atoms with van der Waals surface area (Å²) in [5.74, 6) is -0.528. The maximum absolute atomic E-state index is 13.3. The maximum atomic E-state index is 13.3. The van der Waals surface area contributed by atoms with Crippen molar-refractivity contribution in [1.82, 2.24) is 4.98 Å². The zero-order valence-electron chi connectivity index (χ0n) is 15.3. The molecule has 0 saturated heterocycles. The summed E-state index contributed by atoms with van der Waals surface area (Å²) in [4.78, 5) is 16.6. The molecule has 1 N–H and O–H groups in total. The molecule has 0 atom stereocenters. The lowest BCUT2D eigenvalue weighted by Crippen LogP contribution is -2.38. The van der Waals surface area contributed by atoms with Gasteiger partial charge in [-0.2, -0.15) is 0 Å². The quantitative estimate of drug-likeness (QED) is 0.599. The summed E-state index contributed by atoms with van der Waals surface area (Å²) < 4.78 is 27.6. The van der Waals surface area contributed by atoms with E-state index in [1.54, 1.807) is 30.5 Å². The van der Waals surface area contributed by atoms with E-state index in [0.717, 1.165) is 9.87 Å². The first kappa shape index (κ1) is 21.1. The van der Waals surface area contributed by atoms with Crippen molar-refractivity contribution in [2.75, 3.05) is 16.2 Å². The lowest BCUT2D eigenvalue weighted by atomic mass is 10.2. The second kappa shape index (κ2) is 8.82. The van der Waals surface area contributed by atoms with E-state index in [4.69, 9.17) is 23.2 Å². The molecule has 150 valence electrons. The molecule has 0 fully saturated rings. The van der Waals surface area contributed by atoms with Crippen LogP contribution in [0.25, 0.3) is 0 Å². The Morgan fingerprint density at radius 1 is 1.07 bits per heavy atom. The zero-order valence-corrected chi connectivity index (χ0v) is 17.7. The molecule has 0 unspecified atom stereocenters. The summed E-state index contributed by atoms with van der Waals surface area (Å²) in [5.41, 5.74) is 1.60. The predicted molar refractivity (Wildman–Crippen MR) is 115 cm³/mol. The van der Waals surface area contributed by atoms with Crippen LogP contribution in [0.5, 0.6) is 0 Å². The van der Waals surface area contributed by atoms with Crippen molar-refractivity contribution in [2.45, 2.75) is 11.8 Å². The third-order valence-corrected chi connectivity index (χ3v) is 6.56. The first-order valence-electron chi connectivity index (χ1n) is 8.52. The van der Waals surface area contributed by atoms with Gasteiger partial charge in [0.15, 0.2) is 0 Å². The third kappa shape index (κ3) is 5.06. The summed E-state index contributed by atoms with van der Waals surface area (Å²) >= 11 is 12.0. The molecule has 0 saturated carbocycles. The Hall–Kier alpha value is -2.61. The number of amides is 1. The van der Waals surface area contributed by atoms with Crippen LogP contribution in [0.4, 0.5) is 11.4 Å². The number of carbonyl (C=O) groups is 1. The minimum atomic E-state index is -4.03. The van der Waals surface area contributed by atoms with Gasteiger partial charge in [-0.1, -0.05) is 40.9 Å². The number of nitrogens with zero attached hydrogens (tertiary/aromatic N) is 2. The highest BCUT2D eigenvalue weighted by Gasteiger charge is 2.27. The minimum absolute atomic E-state index is 0.0587. The largest absolute Gasteiger partial charge is 0.323 e. The number of halogens is 2. The lowest BCUT2D eigenvalue weighted by Gasteiger charge is -2.24. The number of hydrogen-bond donors (Lipinski definition) is 1. The molecule has 0 aliphatic heterocycles. The van der Waals surface area contributed by atoms with Gasteiger partial charge < -0.3 is 5.32 Å². The highest BCUT2D eigenvalue weighted by molar-refractivity contribution is 7.92. The molecule has 9 heteroatoms. The van der Waals surface area contributed by atoms with E-state index in [1.807, 2.05) is 6.92 Å². The molecule has 1 amide bonds. The molecule has 0 aliphatic carbocycles. The number of aryl methyl sites for hydroxylation is 1. The van der Waals surface area contributed by atoms with E-state index < -0.39 is 22.5 Å². The molecule has 0 aliphatic rings. The second-order valence-electron chi connectivity index (χ2n) is 6.21. The summed E-state index contributed by atoms with van der Waals surface area (Å²) in [6.45, 7) is 1.40. The van der Waals surface area contributed by atoms with Gasteiger partial charge in [-0.15, -0.1) is 0 Å². The highest BCUT2D eigenvalue weighted by Crippen LogP contribution is 2.30. The van der Waals surface area contributed by atoms with Crippen LogP contribution in [-0.2, 0) is 14.8 Å². The normalized spacial score (nSPS) is 11.1. The van der Waals surface area contributed by atoms with E-state index in [1.165, 1.54) is 36.5 Å².